The highest BCUT2D eigenvalue weighted by molar-refractivity contribution is 5.78. The van der Waals surface area contributed by atoms with Gasteiger partial charge in [-0.3, -0.25) is 10.1 Å². The van der Waals surface area contributed by atoms with Gasteiger partial charge in [0.05, 0.1) is 0 Å². The molecule has 104 valence electrons. The largest absolute Gasteiger partial charge is 0.480 e. The Hall–Kier alpha value is -0.610. The van der Waals surface area contributed by atoms with E-state index in [2.05, 4.69) is 17.1 Å². The third-order valence-electron chi connectivity index (χ3n) is 4.22. The Morgan fingerprint density at radius 3 is 2.67 bits per heavy atom. The summed E-state index contributed by atoms with van der Waals surface area (Å²) in [6.45, 7) is 6.84. The molecule has 2 N–H and O–H groups in total. The van der Waals surface area contributed by atoms with Crippen molar-refractivity contribution in [2.24, 2.45) is 5.92 Å². The maximum Gasteiger partial charge on any atom is 0.324 e. The van der Waals surface area contributed by atoms with Crippen molar-refractivity contribution in [2.75, 3.05) is 19.6 Å². The lowest BCUT2D eigenvalue weighted by Crippen LogP contribution is -2.57. The minimum atomic E-state index is -0.783. The Morgan fingerprint density at radius 1 is 1.33 bits per heavy atom. The van der Waals surface area contributed by atoms with Gasteiger partial charge in [0, 0.05) is 12.6 Å². The van der Waals surface area contributed by atoms with Crippen LogP contribution in [0.5, 0.6) is 0 Å². The SMILES string of the molecule is CC1CCCN(CC(C)(NC2CC2)C(=O)O)CC1. The predicted molar refractivity (Wildman–Crippen MR) is 71.7 cm³/mol. The molecule has 2 aliphatic rings. The van der Waals surface area contributed by atoms with Crippen molar-refractivity contribution < 1.29 is 9.90 Å². The first kappa shape index (κ1) is 13.8. The van der Waals surface area contributed by atoms with E-state index in [1.54, 1.807) is 0 Å². The van der Waals surface area contributed by atoms with E-state index in [1.165, 1.54) is 19.3 Å². The molecule has 0 aromatic rings. The Kier molecular flexibility index (Phi) is 4.28. The van der Waals surface area contributed by atoms with Crippen LogP contribution in [0.3, 0.4) is 0 Å². The lowest BCUT2D eigenvalue weighted by Gasteiger charge is -2.32. The van der Waals surface area contributed by atoms with E-state index in [9.17, 15) is 9.90 Å². The minimum Gasteiger partial charge on any atom is -0.480 e. The summed E-state index contributed by atoms with van der Waals surface area (Å²) < 4.78 is 0. The Bertz CT molecular complexity index is 304. The number of carboxylic acids is 1. The normalized spacial score (nSPS) is 29.6. The van der Waals surface area contributed by atoms with Crippen LogP contribution in [0.1, 0.15) is 46.0 Å². The van der Waals surface area contributed by atoms with Gasteiger partial charge in [-0.05, 0) is 58.0 Å². The number of nitrogens with zero attached hydrogens (tertiary/aromatic N) is 1. The maximum absolute atomic E-state index is 11.5. The number of carboxylic acid groups (broad SMARTS) is 1. The van der Waals surface area contributed by atoms with Gasteiger partial charge in [-0.15, -0.1) is 0 Å². The van der Waals surface area contributed by atoms with E-state index in [0.717, 1.165) is 31.8 Å². The van der Waals surface area contributed by atoms with Gasteiger partial charge in [0.15, 0.2) is 0 Å². The zero-order valence-electron chi connectivity index (χ0n) is 11.6. The average molecular weight is 254 g/mol. The molecule has 4 heteroatoms. The number of hydrogen-bond acceptors (Lipinski definition) is 3. The second-order valence-corrected chi connectivity index (χ2v) is 6.37. The second-order valence-electron chi connectivity index (χ2n) is 6.37. The lowest BCUT2D eigenvalue weighted by atomic mass is 10.0. The summed E-state index contributed by atoms with van der Waals surface area (Å²) in [4.78, 5) is 13.8. The standard InChI is InChI=1S/C14H26N2O2/c1-11-4-3-8-16(9-7-11)10-14(2,13(17)18)15-12-5-6-12/h11-12,15H,3-10H2,1-2H3,(H,17,18). The van der Waals surface area contributed by atoms with Crippen molar-refractivity contribution >= 4 is 5.97 Å². The summed E-state index contributed by atoms with van der Waals surface area (Å²) in [6.07, 6.45) is 5.91. The Balaban J connectivity index is 1.92. The molecular formula is C14H26N2O2. The molecule has 2 fully saturated rings. The van der Waals surface area contributed by atoms with E-state index in [0.29, 0.717) is 12.6 Å². The fourth-order valence-corrected chi connectivity index (χ4v) is 2.78. The third kappa shape index (κ3) is 3.69. The summed E-state index contributed by atoms with van der Waals surface area (Å²) in [6, 6.07) is 0.428. The highest BCUT2D eigenvalue weighted by atomic mass is 16.4. The van der Waals surface area contributed by atoms with Crippen LogP contribution >= 0.6 is 0 Å². The van der Waals surface area contributed by atoms with Gasteiger partial charge in [0.25, 0.3) is 0 Å². The fraction of sp³-hybridized carbons (Fsp3) is 0.929. The molecule has 1 saturated carbocycles. The molecule has 0 bridgehead atoms. The Labute approximate surface area is 110 Å². The third-order valence-corrected chi connectivity index (χ3v) is 4.22. The summed E-state index contributed by atoms with van der Waals surface area (Å²) >= 11 is 0. The number of nitrogens with one attached hydrogen (secondary N) is 1. The molecule has 1 aliphatic heterocycles. The zero-order valence-corrected chi connectivity index (χ0v) is 11.6. The summed E-state index contributed by atoms with van der Waals surface area (Å²) in [5.41, 5.74) is -0.783. The van der Waals surface area contributed by atoms with E-state index in [1.807, 2.05) is 6.92 Å². The van der Waals surface area contributed by atoms with Gasteiger partial charge >= 0.3 is 5.97 Å². The van der Waals surface area contributed by atoms with Crippen molar-refractivity contribution in [3.63, 3.8) is 0 Å². The van der Waals surface area contributed by atoms with E-state index in [4.69, 9.17) is 0 Å². The first-order valence-corrected chi connectivity index (χ1v) is 7.23. The van der Waals surface area contributed by atoms with Gasteiger partial charge in [0.2, 0.25) is 0 Å². The van der Waals surface area contributed by atoms with Crippen LogP contribution < -0.4 is 5.32 Å². The molecule has 18 heavy (non-hydrogen) atoms. The molecule has 0 aromatic carbocycles. The average Bonchev–Trinajstić information content (AvgIpc) is 3.09. The van der Waals surface area contributed by atoms with Crippen molar-refractivity contribution in [1.29, 1.82) is 0 Å². The van der Waals surface area contributed by atoms with Gasteiger partial charge in [-0.1, -0.05) is 6.92 Å². The van der Waals surface area contributed by atoms with Crippen LogP contribution in [0.15, 0.2) is 0 Å². The molecule has 0 spiro atoms. The first-order valence-electron chi connectivity index (χ1n) is 7.23. The van der Waals surface area contributed by atoms with Crippen molar-refractivity contribution in [3.8, 4) is 0 Å². The lowest BCUT2D eigenvalue weighted by molar-refractivity contribution is -0.145. The number of carbonyl (C=O) groups is 1. The van der Waals surface area contributed by atoms with E-state index in [-0.39, 0.29) is 0 Å². The van der Waals surface area contributed by atoms with Crippen LogP contribution in [0, 0.1) is 5.92 Å². The fourth-order valence-electron chi connectivity index (χ4n) is 2.78. The summed E-state index contributed by atoms with van der Waals surface area (Å²) in [5, 5.41) is 12.8. The molecular weight excluding hydrogens is 228 g/mol. The van der Waals surface area contributed by atoms with Crippen LogP contribution in [0.25, 0.3) is 0 Å². The molecule has 2 atom stereocenters. The predicted octanol–water partition coefficient (Wildman–Crippen LogP) is 1.70. The van der Waals surface area contributed by atoms with Gasteiger partial charge in [-0.25, -0.2) is 0 Å². The molecule has 2 unspecified atom stereocenters. The summed E-state index contributed by atoms with van der Waals surface area (Å²) in [5.74, 6) is 0.0640. The molecule has 0 radical (unpaired) electrons. The van der Waals surface area contributed by atoms with Crippen LogP contribution in [-0.4, -0.2) is 47.2 Å². The Morgan fingerprint density at radius 2 is 2.06 bits per heavy atom. The highest BCUT2D eigenvalue weighted by Gasteiger charge is 2.39. The van der Waals surface area contributed by atoms with Crippen molar-refractivity contribution in [2.45, 2.75) is 57.5 Å². The second kappa shape index (κ2) is 5.57. The van der Waals surface area contributed by atoms with Crippen molar-refractivity contribution in [3.05, 3.63) is 0 Å². The van der Waals surface area contributed by atoms with Crippen LogP contribution in [-0.2, 0) is 4.79 Å². The number of aliphatic carboxylic acids is 1. The monoisotopic (exact) mass is 254 g/mol. The molecule has 1 saturated heterocycles. The topological polar surface area (TPSA) is 52.6 Å². The van der Waals surface area contributed by atoms with Gasteiger partial charge in [-0.2, -0.15) is 0 Å². The minimum absolute atomic E-state index is 0.428. The molecule has 2 rings (SSSR count). The summed E-state index contributed by atoms with van der Waals surface area (Å²) in [7, 11) is 0. The number of likely N-dealkylation sites (tertiary alicyclic amines) is 1. The zero-order chi connectivity index (χ0) is 13.2. The first-order chi connectivity index (χ1) is 8.49. The molecule has 1 heterocycles. The van der Waals surface area contributed by atoms with Crippen LogP contribution in [0.2, 0.25) is 0 Å². The molecule has 0 amide bonds. The van der Waals surface area contributed by atoms with E-state index >= 15 is 0 Å². The van der Waals surface area contributed by atoms with Crippen LogP contribution in [0.4, 0.5) is 0 Å². The maximum atomic E-state index is 11.5. The smallest absolute Gasteiger partial charge is 0.324 e. The molecule has 4 nitrogen and oxygen atoms in total. The number of hydrogen-bond donors (Lipinski definition) is 2. The highest BCUT2D eigenvalue weighted by Crippen LogP contribution is 2.24. The molecule has 0 aromatic heterocycles. The van der Waals surface area contributed by atoms with Gasteiger partial charge in [0.1, 0.15) is 5.54 Å². The quantitative estimate of drug-likeness (QED) is 0.784. The van der Waals surface area contributed by atoms with E-state index < -0.39 is 11.5 Å². The van der Waals surface area contributed by atoms with Gasteiger partial charge < -0.3 is 10.0 Å². The van der Waals surface area contributed by atoms with Crippen molar-refractivity contribution in [1.82, 2.24) is 10.2 Å². The number of rotatable bonds is 5. The molecule has 1 aliphatic carbocycles.